The summed E-state index contributed by atoms with van der Waals surface area (Å²) < 4.78 is 6.50. The van der Waals surface area contributed by atoms with Crippen molar-refractivity contribution in [2.45, 2.75) is 19.4 Å². The summed E-state index contributed by atoms with van der Waals surface area (Å²) in [4.78, 5) is 32.7. The molecule has 0 aliphatic heterocycles. The van der Waals surface area contributed by atoms with Gasteiger partial charge in [0.1, 0.15) is 12.1 Å². The maximum absolute atomic E-state index is 12.6. The van der Waals surface area contributed by atoms with Crippen LogP contribution < -0.4 is 5.32 Å². The Morgan fingerprint density at radius 1 is 1.19 bits per heavy atom. The van der Waals surface area contributed by atoms with Crippen molar-refractivity contribution in [3.8, 4) is 5.82 Å². The second-order valence-corrected chi connectivity index (χ2v) is 6.09. The zero-order chi connectivity index (χ0) is 19.2. The molecule has 27 heavy (non-hydrogen) atoms. The Labute approximate surface area is 157 Å². The van der Waals surface area contributed by atoms with E-state index in [1.807, 2.05) is 31.2 Å². The summed E-state index contributed by atoms with van der Waals surface area (Å²) in [6.07, 6.45) is 6.60. The van der Waals surface area contributed by atoms with E-state index in [2.05, 4.69) is 15.3 Å². The van der Waals surface area contributed by atoms with E-state index in [0.717, 1.165) is 11.1 Å². The van der Waals surface area contributed by atoms with Gasteiger partial charge < -0.3 is 10.1 Å². The molecule has 0 saturated carbocycles. The van der Waals surface area contributed by atoms with Gasteiger partial charge in [-0.3, -0.25) is 14.2 Å². The fraction of sp³-hybridized carbons (Fsp3) is 0.200. The van der Waals surface area contributed by atoms with Crippen LogP contribution in [0.1, 0.15) is 33.9 Å². The molecule has 0 aliphatic rings. The molecule has 1 aromatic carbocycles. The van der Waals surface area contributed by atoms with Gasteiger partial charge in [0.15, 0.2) is 0 Å². The average molecular weight is 364 g/mol. The lowest BCUT2D eigenvalue weighted by molar-refractivity contribution is -0.141. The molecule has 0 aliphatic carbocycles. The van der Waals surface area contributed by atoms with Crippen LogP contribution in [-0.4, -0.2) is 33.5 Å². The number of carbonyl (C=O) groups excluding carboxylic acids is 2. The molecule has 1 atom stereocenters. The SMILES string of the molecule is COC(=O)CC(NC(=O)c1ccc(-n2ccnc2)nc1)c1ccc(C)cc1. The minimum absolute atomic E-state index is 0.0475. The van der Waals surface area contributed by atoms with Gasteiger partial charge in [0.25, 0.3) is 5.91 Å². The predicted molar refractivity (Wildman–Crippen MR) is 99.4 cm³/mol. The molecule has 1 amide bonds. The molecule has 0 saturated heterocycles. The summed E-state index contributed by atoms with van der Waals surface area (Å²) in [7, 11) is 1.33. The molecule has 0 radical (unpaired) electrons. The standard InChI is InChI=1S/C20H20N4O3/c1-14-3-5-15(6-4-14)17(11-19(25)27-2)23-20(26)16-7-8-18(22-12-16)24-10-9-21-13-24/h3-10,12-13,17H,11H2,1-2H3,(H,23,26). The van der Waals surface area contributed by atoms with E-state index >= 15 is 0 Å². The van der Waals surface area contributed by atoms with Crippen LogP contribution in [0.5, 0.6) is 0 Å². The molecule has 3 aromatic rings. The predicted octanol–water partition coefficient (Wildman–Crippen LogP) is 2.61. The Kier molecular flexibility index (Phi) is 5.61. The van der Waals surface area contributed by atoms with Gasteiger partial charge in [-0.25, -0.2) is 9.97 Å². The Hall–Kier alpha value is -3.48. The number of benzene rings is 1. The van der Waals surface area contributed by atoms with Crippen LogP contribution in [-0.2, 0) is 9.53 Å². The van der Waals surface area contributed by atoms with Crippen molar-refractivity contribution in [3.63, 3.8) is 0 Å². The number of rotatable bonds is 6. The van der Waals surface area contributed by atoms with Crippen molar-refractivity contribution in [1.82, 2.24) is 19.9 Å². The summed E-state index contributed by atoms with van der Waals surface area (Å²) in [5.41, 5.74) is 2.34. The number of methoxy groups -OCH3 is 1. The number of hydrogen-bond acceptors (Lipinski definition) is 5. The van der Waals surface area contributed by atoms with Crippen molar-refractivity contribution in [1.29, 1.82) is 0 Å². The molecule has 1 N–H and O–H groups in total. The highest BCUT2D eigenvalue weighted by Crippen LogP contribution is 2.19. The van der Waals surface area contributed by atoms with Gasteiger partial charge in [-0.05, 0) is 24.6 Å². The third-order valence-electron chi connectivity index (χ3n) is 4.16. The minimum Gasteiger partial charge on any atom is -0.469 e. The van der Waals surface area contributed by atoms with Gasteiger partial charge in [0, 0.05) is 18.6 Å². The molecule has 0 bridgehead atoms. The van der Waals surface area contributed by atoms with E-state index in [1.54, 1.807) is 35.4 Å². The minimum atomic E-state index is -0.487. The first-order valence-electron chi connectivity index (χ1n) is 8.45. The van der Waals surface area contributed by atoms with Crippen molar-refractivity contribution in [2.75, 3.05) is 7.11 Å². The Bertz CT molecular complexity index is 903. The quantitative estimate of drug-likeness (QED) is 0.680. The second kappa shape index (κ2) is 8.27. The van der Waals surface area contributed by atoms with E-state index in [1.165, 1.54) is 13.3 Å². The molecule has 0 fully saturated rings. The molecule has 3 rings (SSSR count). The zero-order valence-corrected chi connectivity index (χ0v) is 15.1. The largest absolute Gasteiger partial charge is 0.469 e. The fourth-order valence-electron chi connectivity index (χ4n) is 2.61. The molecular weight excluding hydrogens is 344 g/mol. The summed E-state index contributed by atoms with van der Waals surface area (Å²) in [5.74, 6) is -0.0442. The molecule has 7 heteroatoms. The monoisotopic (exact) mass is 364 g/mol. The number of nitrogens with one attached hydrogen (secondary N) is 1. The lowest BCUT2D eigenvalue weighted by Gasteiger charge is -2.18. The number of ether oxygens (including phenoxy) is 1. The molecule has 2 aromatic heterocycles. The highest BCUT2D eigenvalue weighted by Gasteiger charge is 2.20. The number of pyridine rings is 1. The number of hydrogen-bond donors (Lipinski definition) is 1. The maximum Gasteiger partial charge on any atom is 0.307 e. The number of carbonyl (C=O) groups is 2. The van der Waals surface area contributed by atoms with Crippen molar-refractivity contribution in [3.05, 3.63) is 78.0 Å². The molecule has 7 nitrogen and oxygen atoms in total. The van der Waals surface area contributed by atoms with E-state index in [-0.39, 0.29) is 12.3 Å². The number of aromatic nitrogens is 3. The van der Waals surface area contributed by atoms with Crippen LogP contribution in [0.25, 0.3) is 5.82 Å². The van der Waals surface area contributed by atoms with Gasteiger partial charge >= 0.3 is 5.97 Å². The summed E-state index contributed by atoms with van der Waals surface area (Å²) >= 11 is 0. The van der Waals surface area contributed by atoms with Crippen molar-refractivity contribution in [2.24, 2.45) is 0 Å². The normalized spacial score (nSPS) is 11.6. The van der Waals surface area contributed by atoms with Gasteiger partial charge in [0.05, 0.1) is 25.1 Å². The summed E-state index contributed by atoms with van der Waals surface area (Å²) in [5, 5.41) is 2.89. The molecule has 0 spiro atoms. The average Bonchev–Trinajstić information content (AvgIpc) is 3.23. The lowest BCUT2D eigenvalue weighted by Crippen LogP contribution is -2.30. The van der Waals surface area contributed by atoms with Crippen LogP contribution in [0.2, 0.25) is 0 Å². The Morgan fingerprint density at radius 3 is 2.56 bits per heavy atom. The van der Waals surface area contributed by atoms with Crippen LogP contribution in [0, 0.1) is 6.92 Å². The lowest BCUT2D eigenvalue weighted by atomic mass is 10.0. The van der Waals surface area contributed by atoms with Gasteiger partial charge in [-0.2, -0.15) is 0 Å². The van der Waals surface area contributed by atoms with E-state index in [0.29, 0.717) is 11.4 Å². The van der Waals surface area contributed by atoms with Crippen LogP contribution >= 0.6 is 0 Å². The third kappa shape index (κ3) is 4.58. The number of imidazole rings is 1. The molecule has 138 valence electrons. The first kappa shape index (κ1) is 18.3. The van der Waals surface area contributed by atoms with E-state index < -0.39 is 12.0 Å². The Balaban J connectivity index is 1.77. The van der Waals surface area contributed by atoms with Gasteiger partial charge in [-0.15, -0.1) is 0 Å². The van der Waals surface area contributed by atoms with Gasteiger partial charge in [0.2, 0.25) is 0 Å². The van der Waals surface area contributed by atoms with Gasteiger partial charge in [-0.1, -0.05) is 29.8 Å². The fourth-order valence-corrected chi connectivity index (χ4v) is 2.61. The Morgan fingerprint density at radius 2 is 1.96 bits per heavy atom. The highest BCUT2D eigenvalue weighted by molar-refractivity contribution is 5.94. The third-order valence-corrected chi connectivity index (χ3v) is 4.16. The smallest absolute Gasteiger partial charge is 0.307 e. The number of aryl methyl sites for hydroxylation is 1. The van der Waals surface area contributed by atoms with Crippen molar-refractivity contribution >= 4 is 11.9 Å². The van der Waals surface area contributed by atoms with Crippen LogP contribution in [0.4, 0.5) is 0 Å². The number of amides is 1. The number of nitrogens with zero attached hydrogens (tertiary/aromatic N) is 3. The molecular formula is C20H20N4O3. The van der Waals surface area contributed by atoms with E-state index in [9.17, 15) is 9.59 Å². The van der Waals surface area contributed by atoms with Crippen LogP contribution in [0.15, 0.2) is 61.3 Å². The highest BCUT2D eigenvalue weighted by atomic mass is 16.5. The number of esters is 1. The van der Waals surface area contributed by atoms with Crippen LogP contribution in [0.3, 0.4) is 0 Å². The topological polar surface area (TPSA) is 86.1 Å². The first-order chi connectivity index (χ1) is 13.1. The zero-order valence-electron chi connectivity index (χ0n) is 15.1. The second-order valence-electron chi connectivity index (χ2n) is 6.09. The molecule has 2 heterocycles. The van der Waals surface area contributed by atoms with E-state index in [4.69, 9.17) is 4.74 Å². The summed E-state index contributed by atoms with van der Waals surface area (Å²) in [6.45, 7) is 1.98. The first-order valence-corrected chi connectivity index (χ1v) is 8.45. The maximum atomic E-state index is 12.6. The molecule has 1 unspecified atom stereocenters. The summed E-state index contributed by atoms with van der Waals surface area (Å²) in [6, 6.07) is 10.6. The van der Waals surface area contributed by atoms with Crippen molar-refractivity contribution < 1.29 is 14.3 Å².